The molecule has 4 nitrogen and oxygen atoms in total. The Morgan fingerprint density at radius 2 is 2.14 bits per heavy atom. The van der Waals surface area contributed by atoms with Crippen LogP contribution in [-0.2, 0) is 11.3 Å². The lowest BCUT2D eigenvalue weighted by molar-refractivity contribution is -0.137. The third kappa shape index (κ3) is 2.67. The van der Waals surface area contributed by atoms with Gasteiger partial charge in [0.2, 0.25) is 0 Å². The number of hydrogen-bond acceptors (Lipinski definition) is 4. The van der Waals surface area contributed by atoms with Crippen LogP contribution >= 0.6 is 34.5 Å². The molecule has 0 aliphatic rings. The van der Waals surface area contributed by atoms with E-state index in [0.29, 0.717) is 10.2 Å². The lowest BCUT2D eigenvalue weighted by atomic mass is 10.1. The van der Waals surface area contributed by atoms with Gasteiger partial charge in [0.15, 0.2) is 0 Å². The lowest BCUT2D eigenvalue weighted by Crippen LogP contribution is -1.99. The Kier molecular flexibility index (Phi) is 4.26. The van der Waals surface area contributed by atoms with Gasteiger partial charge in [0.1, 0.15) is 17.0 Å². The number of H-pyrrole nitrogens is 1. The molecule has 22 heavy (non-hydrogen) atoms. The van der Waals surface area contributed by atoms with E-state index in [1.165, 1.54) is 16.8 Å². The maximum atomic E-state index is 14.3. The van der Waals surface area contributed by atoms with E-state index in [4.69, 9.17) is 23.2 Å². The van der Waals surface area contributed by atoms with E-state index in [1.807, 2.05) is 0 Å². The van der Waals surface area contributed by atoms with Crippen LogP contribution in [-0.4, -0.2) is 21.8 Å². The first kappa shape index (κ1) is 15.5. The highest BCUT2D eigenvalue weighted by molar-refractivity contribution is 7.17. The highest BCUT2D eigenvalue weighted by Gasteiger charge is 2.22. The van der Waals surface area contributed by atoms with Crippen LogP contribution in [0.3, 0.4) is 0 Å². The molecule has 0 aliphatic carbocycles. The van der Waals surface area contributed by atoms with Crippen molar-refractivity contribution in [2.24, 2.45) is 0 Å². The van der Waals surface area contributed by atoms with Gasteiger partial charge in [-0.25, -0.2) is 9.37 Å². The van der Waals surface area contributed by atoms with Crippen LogP contribution in [0, 0.1) is 5.82 Å². The van der Waals surface area contributed by atoms with Gasteiger partial charge in [-0.1, -0.05) is 23.2 Å². The number of alkyl halides is 2. The van der Waals surface area contributed by atoms with Crippen molar-refractivity contribution in [2.75, 3.05) is 0 Å². The number of aromatic nitrogens is 3. The van der Waals surface area contributed by atoms with Gasteiger partial charge in [0.25, 0.3) is 0 Å². The molecule has 0 saturated carbocycles. The molecule has 1 N–H and O–H groups in total. The fraction of sp³-hybridized carbons (Fsp3) is 0.167. The van der Waals surface area contributed by atoms with Crippen molar-refractivity contribution in [1.29, 1.82) is 0 Å². The zero-order chi connectivity index (χ0) is 15.9. The Labute approximate surface area is 135 Å². The number of nitrogens with zero attached hydrogens (tertiary/aromatic N) is 2. The van der Waals surface area contributed by atoms with Crippen molar-refractivity contribution in [1.82, 2.24) is 15.2 Å². The zero-order valence-electron chi connectivity index (χ0n) is 10.5. The number of nitrogens with one attached hydrogen (secondary N) is 1. The summed E-state index contributed by atoms with van der Waals surface area (Å²) in [5.74, 6) is -0.628. The molecule has 3 rings (SSSR count). The number of halogens is 5. The fourth-order valence-electron chi connectivity index (χ4n) is 1.95. The Bertz CT molecular complexity index is 836. The highest BCUT2D eigenvalue weighted by Crippen LogP contribution is 2.40. The van der Waals surface area contributed by atoms with E-state index < -0.39 is 19.0 Å². The van der Waals surface area contributed by atoms with Crippen molar-refractivity contribution < 1.29 is 17.9 Å². The summed E-state index contributed by atoms with van der Waals surface area (Å²) >= 11 is 13.2. The van der Waals surface area contributed by atoms with E-state index in [-0.39, 0.29) is 27.0 Å². The average molecular weight is 368 g/mol. The molecule has 116 valence electrons. The molecule has 3 aromatic rings. The summed E-state index contributed by atoms with van der Waals surface area (Å²) in [5, 5.41) is 6.55. The van der Waals surface area contributed by atoms with Crippen LogP contribution in [0.4, 0.5) is 13.2 Å². The molecular formula is C12H6Cl2F3N3OS. The zero-order valence-corrected chi connectivity index (χ0v) is 12.9. The number of aromatic amines is 1. The smallest absolute Gasteiger partial charge is 0.316 e. The van der Waals surface area contributed by atoms with Gasteiger partial charge < -0.3 is 4.74 Å². The van der Waals surface area contributed by atoms with Crippen LogP contribution in [0.25, 0.3) is 21.5 Å². The topological polar surface area (TPSA) is 50.8 Å². The van der Waals surface area contributed by atoms with Crippen LogP contribution < -0.4 is 0 Å². The van der Waals surface area contributed by atoms with Gasteiger partial charge in [-0.15, -0.1) is 11.3 Å². The van der Waals surface area contributed by atoms with Gasteiger partial charge in [0.05, 0.1) is 38.1 Å². The predicted octanol–water partition coefficient (Wildman–Crippen LogP) is 4.87. The lowest BCUT2D eigenvalue weighted by Gasteiger charge is -2.04. The van der Waals surface area contributed by atoms with Crippen LogP contribution in [0.2, 0.25) is 10.0 Å². The molecule has 0 amide bonds. The second-order valence-electron chi connectivity index (χ2n) is 4.18. The Hall–Kier alpha value is -1.35. The normalized spacial score (nSPS) is 11.7. The van der Waals surface area contributed by atoms with Crippen LogP contribution in [0.5, 0.6) is 0 Å². The largest absolute Gasteiger partial charge is 0.345 e. The molecule has 0 unspecified atom stereocenters. The fourth-order valence-corrected chi connectivity index (χ4v) is 3.33. The summed E-state index contributed by atoms with van der Waals surface area (Å²) in [6.45, 7) is -3.41. The molecule has 0 saturated heterocycles. The summed E-state index contributed by atoms with van der Waals surface area (Å²) < 4.78 is 43.1. The predicted molar refractivity (Wildman–Crippen MR) is 78.0 cm³/mol. The maximum Gasteiger partial charge on any atom is 0.345 e. The minimum absolute atomic E-state index is 0.0107. The number of rotatable bonds is 4. The quantitative estimate of drug-likeness (QED) is 0.715. The third-order valence-electron chi connectivity index (χ3n) is 2.88. The molecule has 2 heterocycles. The average Bonchev–Trinajstić information content (AvgIpc) is 3.05. The summed E-state index contributed by atoms with van der Waals surface area (Å²) in [4.78, 5) is 4.06. The Balaban J connectivity index is 2.11. The summed E-state index contributed by atoms with van der Waals surface area (Å²) in [7, 11) is 0. The second kappa shape index (κ2) is 6.04. The van der Waals surface area contributed by atoms with Crippen LogP contribution in [0.1, 0.15) is 5.69 Å². The number of thiazole rings is 1. The molecule has 2 aromatic heterocycles. The van der Waals surface area contributed by atoms with Crippen molar-refractivity contribution in [3.63, 3.8) is 0 Å². The molecule has 0 atom stereocenters. The van der Waals surface area contributed by atoms with E-state index in [9.17, 15) is 13.2 Å². The van der Waals surface area contributed by atoms with Gasteiger partial charge in [-0.2, -0.15) is 13.9 Å². The Morgan fingerprint density at radius 1 is 1.36 bits per heavy atom. The van der Waals surface area contributed by atoms with Gasteiger partial charge in [-0.3, -0.25) is 5.10 Å². The SMILES string of the molecule is Fc1cc(Cl)c2ncsc2c1-c1n[nH]c(COC(F)F)c1Cl. The molecule has 1 aromatic carbocycles. The molecule has 10 heteroatoms. The van der Waals surface area contributed by atoms with Crippen molar-refractivity contribution >= 4 is 44.8 Å². The molecule has 0 spiro atoms. The minimum Gasteiger partial charge on any atom is -0.316 e. The first-order chi connectivity index (χ1) is 10.5. The number of ether oxygens (including phenoxy) is 1. The Morgan fingerprint density at radius 3 is 2.86 bits per heavy atom. The number of hydrogen-bond donors (Lipinski definition) is 1. The number of fused-ring (bicyclic) bond motifs is 1. The van der Waals surface area contributed by atoms with E-state index >= 15 is 0 Å². The number of benzene rings is 1. The van der Waals surface area contributed by atoms with Gasteiger partial charge >= 0.3 is 6.61 Å². The summed E-state index contributed by atoms with van der Waals surface area (Å²) in [6, 6.07) is 1.11. The van der Waals surface area contributed by atoms with Crippen molar-refractivity contribution in [2.45, 2.75) is 13.2 Å². The minimum atomic E-state index is -2.94. The van der Waals surface area contributed by atoms with Crippen molar-refractivity contribution in [3.05, 3.63) is 33.1 Å². The first-order valence-corrected chi connectivity index (χ1v) is 7.46. The third-order valence-corrected chi connectivity index (χ3v) is 4.42. The summed E-state index contributed by atoms with van der Waals surface area (Å²) in [6.07, 6.45) is 0. The van der Waals surface area contributed by atoms with Crippen LogP contribution in [0.15, 0.2) is 11.6 Å². The van der Waals surface area contributed by atoms with Crippen molar-refractivity contribution in [3.8, 4) is 11.3 Å². The monoisotopic (exact) mass is 367 g/mol. The maximum absolute atomic E-state index is 14.3. The molecule has 0 radical (unpaired) electrons. The summed E-state index contributed by atoms with van der Waals surface area (Å²) in [5.41, 5.74) is 2.28. The molecule has 0 bridgehead atoms. The molecule has 0 fully saturated rings. The molecular weight excluding hydrogens is 362 g/mol. The van der Waals surface area contributed by atoms with E-state index in [0.717, 1.165) is 6.07 Å². The highest BCUT2D eigenvalue weighted by atomic mass is 35.5. The molecule has 0 aliphatic heterocycles. The van der Waals surface area contributed by atoms with E-state index in [2.05, 4.69) is 19.9 Å². The first-order valence-electron chi connectivity index (χ1n) is 5.83. The van der Waals surface area contributed by atoms with Gasteiger partial charge in [-0.05, 0) is 6.07 Å². The van der Waals surface area contributed by atoms with Gasteiger partial charge in [0, 0.05) is 0 Å². The standard InChI is InChI=1S/C12H6Cl2F3N3OS/c13-4-1-5(15)7(11-9(4)18-3-22-11)10-8(14)6(19-20-10)2-21-12(16)17/h1,3,12H,2H2,(H,19,20). The second-order valence-corrected chi connectivity index (χ2v) is 5.82. The van der Waals surface area contributed by atoms with E-state index in [1.54, 1.807) is 0 Å².